The lowest BCUT2D eigenvalue weighted by Gasteiger charge is -2.04. The Morgan fingerprint density at radius 2 is 1.89 bits per heavy atom. The van der Waals surface area contributed by atoms with Gasteiger partial charge in [0.2, 0.25) is 0 Å². The lowest BCUT2D eigenvalue weighted by molar-refractivity contribution is -0.120. The van der Waals surface area contributed by atoms with Crippen LogP contribution in [0.5, 0.6) is 0 Å². The first-order valence-corrected chi connectivity index (χ1v) is 9.02. The highest BCUT2D eigenvalue weighted by Gasteiger charge is 2.08. The van der Waals surface area contributed by atoms with Crippen molar-refractivity contribution in [2.75, 3.05) is 6.54 Å². The molecule has 0 unspecified atom stereocenters. The van der Waals surface area contributed by atoms with Gasteiger partial charge in [-0.3, -0.25) is 9.59 Å². The summed E-state index contributed by atoms with van der Waals surface area (Å²) in [6.45, 7) is -0.297. The van der Waals surface area contributed by atoms with Gasteiger partial charge in [0.25, 0.3) is 11.8 Å². The highest BCUT2D eigenvalue weighted by Crippen LogP contribution is 2.23. The molecule has 0 aliphatic carbocycles. The Kier molecular flexibility index (Phi) is 6.33. The van der Waals surface area contributed by atoms with Gasteiger partial charge in [-0.2, -0.15) is 5.10 Å². The number of benzene rings is 2. The molecule has 0 spiro atoms. The summed E-state index contributed by atoms with van der Waals surface area (Å²) in [7, 11) is 0. The second-order valence-corrected chi connectivity index (χ2v) is 6.61. The number of amides is 2. The first-order valence-electron chi connectivity index (χ1n) is 8.23. The summed E-state index contributed by atoms with van der Waals surface area (Å²) in [4.78, 5) is 23.6. The second-order valence-electron chi connectivity index (χ2n) is 5.70. The fraction of sp³-hybridized carbons (Fsp3) is 0.0500. The fourth-order valence-corrected chi connectivity index (χ4v) is 2.56. The van der Waals surface area contributed by atoms with Crippen molar-refractivity contribution in [3.05, 3.63) is 82.3 Å². The average Bonchev–Trinajstić information content (AvgIpc) is 3.15. The van der Waals surface area contributed by atoms with E-state index < -0.39 is 17.6 Å². The summed E-state index contributed by atoms with van der Waals surface area (Å²) >= 11 is 3.37. The Bertz CT molecular complexity index is 1020. The van der Waals surface area contributed by atoms with Crippen LogP contribution in [0.1, 0.15) is 16.1 Å². The van der Waals surface area contributed by atoms with Gasteiger partial charge in [-0.15, -0.1) is 0 Å². The number of nitrogens with zero attached hydrogens (tertiary/aromatic N) is 1. The molecule has 2 aromatic carbocycles. The van der Waals surface area contributed by atoms with E-state index in [2.05, 4.69) is 31.8 Å². The van der Waals surface area contributed by atoms with Crippen LogP contribution in [-0.2, 0) is 4.79 Å². The predicted octanol–water partition coefficient (Wildman–Crippen LogP) is 3.73. The van der Waals surface area contributed by atoms with Crippen molar-refractivity contribution in [2.24, 2.45) is 5.10 Å². The zero-order chi connectivity index (χ0) is 19.9. The number of hydrogen-bond donors (Lipinski definition) is 2. The van der Waals surface area contributed by atoms with E-state index in [1.165, 1.54) is 24.4 Å². The number of rotatable bonds is 6. The SMILES string of the molecule is O=C(CNC(=O)c1cccc(F)c1)NN=Cc1ccc(-c2ccc(Br)cc2)o1. The van der Waals surface area contributed by atoms with Crippen LogP contribution in [0.4, 0.5) is 4.39 Å². The maximum absolute atomic E-state index is 13.1. The zero-order valence-corrected chi connectivity index (χ0v) is 16.1. The second kappa shape index (κ2) is 9.09. The monoisotopic (exact) mass is 443 g/mol. The molecule has 0 saturated heterocycles. The third-order valence-corrected chi connectivity index (χ3v) is 4.16. The standard InChI is InChI=1S/C20H15BrFN3O3/c21-15-6-4-13(5-7-15)18-9-8-17(28-18)11-24-25-19(26)12-23-20(27)14-2-1-3-16(22)10-14/h1-11H,12H2,(H,23,27)(H,25,26). The van der Waals surface area contributed by atoms with E-state index >= 15 is 0 Å². The molecule has 8 heteroatoms. The van der Waals surface area contributed by atoms with Gasteiger partial charge < -0.3 is 9.73 Å². The van der Waals surface area contributed by atoms with Gasteiger partial charge in [-0.1, -0.05) is 34.1 Å². The quantitative estimate of drug-likeness (QED) is 0.449. The Labute approximate surface area is 168 Å². The molecular formula is C20H15BrFN3O3. The highest BCUT2D eigenvalue weighted by atomic mass is 79.9. The molecular weight excluding hydrogens is 429 g/mol. The summed E-state index contributed by atoms with van der Waals surface area (Å²) in [6.07, 6.45) is 1.36. The van der Waals surface area contributed by atoms with Crippen LogP contribution >= 0.6 is 15.9 Å². The Balaban J connectivity index is 1.48. The molecule has 0 atom stereocenters. The highest BCUT2D eigenvalue weighted by molar-refractivity contribution is 9.10. The molecule has 0 aliphatic rings. The molecule has 28 heavy (non-hydrogen) atoms. The first-order chi connectivity index (χ1) is 13.5. The number of hydrazone groups is 1. The maximum atomic E-state index is 13.1. The van der Waals surface area contributed by atoms with E-state index in [4.69, 9.17) is 4.42 Å². The summed E-state index contributed by atoms with van der Waals surface area (Å²) < 4.78 is 19.7. The van der Waals surface area contributed by atoms with E-state index in [9.17, 15) is 14.0 Å². The molecule has 2 N–H and O–H groups in total. The van der Waals surface area contributed by atoms with Gasteiger partial charge in [0.05, 0.1) is 12.8 Å². The van der Waals surface area contributed by atoms with Crippen LogP contribution in [0.2, 0.25) is 0 Å². The minimum absolute atomic E-state index is 0.132. The lowest BCUT2D eigenvalue weighted by atomic mass is 10.2. The van der Waals surface area contributed by atoms with Crippen molar-refractivity contribution in [1.82, 2.24) is 10.7 Å². The minimum Gasteiger partial charge on any atom is -0.455 e. The normalized spacial score (nSPS) is 10.8. The molecule has 2 amide bonds. The Hall–Kier alpha value is -3.26. The topological polar surface area (TPSA) is 83.7 Å². The lowest BCUT2D eigenvalue weighted by Crippen LogP contribution is -2.34. The predicted molar refractivity (Wildman–Crippen MR) is 106 cm³/mol. The van der Waals surface area contributed by atoms with Gasteiger partial charge in [-0.05, 0) is 42.5 Å². The van der Waals surface area contributed by atoms with E-state index in [0.717, 1.165) is 16.1 Å². The summed E-state index contributed by atoms with van der Waals surface area (Å²) in [5, 5.41) is 6.18. The molecule has 142 valence electrons. The van der Waals surface area contributed by atoms with Gasteiger partial charge >= 0.3 is 0 Å². The van der Waals surface area contributed by atoms with Crippen LogP contribution in [0, 0.1) is 5.82 Å². The van der Waals surface area contributed by atoms with Crippen molar-refractivity contribution in [3.8, 4) is 11.3 Å². The number of halogens is 2. The Morgan fingerprint density at radius 1 is 1.11 bits per heavy atom. The molecule has 1 heterocycles. The number of furan rings is 1. The van der Waals surface area contributed by atoms with Crippen molar-refractivity contribution >= 4 is 34.0 Å². The summed E-state index contributed by atoms with van der Waals surface area (Å²) in [5.41, 5.74) is 3.32. The molecule has 0 fully saturated rings. The van der Waals surface area contributed by atoms with E-state index in [1.54, 1.807) is 12.1 Å². The number of hydrogen-bond acceptors (Lipinski definition) is 4. The number of carbonyl (C=O) groups is 2. The molecule has 3 aromatic rings. The van der Waals surface area contributed by atoms with E-state index in [1.807, 2.05) is 24.3 Å². The van der Waals surface area contributed by atoms with Gasteiger partial charge in [0.15, 0.2) is 0 Å². The molecule has 0 bridgehead atoms. The van der Waals surface area contributed by atoms with Crippen LogP contribution in [0.3, 0.4) is 0 Å². The van der Waals surface area contributed by atoms with Crippen molar-refractivity contribution in [2.45, 2.75) is 0 Å². The first kappa shape index (κ1) is 19.5. The summed E-state index contributed by atoms with van der Waals surface area (Å²) in [5.74, 6) is -0.475. The summed E-state index contributed by atoms with van der Waals surface area (Å²) in [6, 6.07) is 16.3. The maximum Gasteiger partial charge on any atom is 0.259 e. The van der Waals surface area contributed by atoms with Crippen molar-refractivity contribution < 1.29 is 18.4 Å². The zero-order valence-electron chi connectivity index (χ0n) is 14.5. The number of carbonyl (C=O) groups excluding carboxylic acids is 2. The van der Waals surface area contributed by atoms with Crippen molar-refractivity contribution in [1.29, 1.82) is 0 Å². The smallest absolute Gasteiger partial charge is 0.259 e. The molecule has 0 radical (unpaired) electrons. The van der Waals surface area contributed by atoms with Crippen LogP contribution in [0.15, 0.2) is 74.7 Å². The van der Waals surface area contributed by atoms with E-state index in [-0.39, 0.29) is 12.1 Å². The third-order valence-electron chi connectivity index (χ3n) is 3.63. The molecule has 3 rings (SSSR count). The Morgan fingerprint density at radius 3 is 2.64 bits per heavy atom. The van der Waals surface area contributed by atoms with Crippen LogP contribution in [0.25, 0.3) is 11.3 Å². The number of nitrogens with one attached hydrogen (secondary N) is 2. The largest absolute Gasteiger partial charge is 0.455 e. The fourth-order valence-electron chi connectivity index (χ4n) is 2.29. The molecule has 0 aliphatic heterocycles. The van der Waals surface area contributed by atoms with Gasteiger partial charge in [0, 0.05) is 15.6 Å². The average molecular weight is 444 g/mol. The van der Waals surface area contributed by atoms with Crippen LogP contribution < -0.4 is 10.7 Å². The molecule has 0 saturated carbocycles. The minimum atomic E-state index is -0.552. The van der Waals surface area contributed by atoms with Crippen LogP contribution in [-0.4, -0.2) is 24.6 Å². The third kappa shape index (κ3) is 5.37. The molecule has 1 aromatic heterocycles. The molecule has 6 nitrogen and oxygen atoms in total. The van der Waals surface area contributed by atoms with Crippen molar-refractivity contribution in [3.63, 3.8) is 0 Å². The van der Waals surface area contributed by atoms with Gasteiger partial charge in [-0.25, -0.2) is 9.82 Å². The van der Waals surface area contributed by atoms with E-state index in [0.29, 0.717) is 11.5 Å². The van der Waals surface area contributed by atoms with Gasteiger partial charge in [0.1, 0.15) is 17.3 Å².